The van der Waals surface area contributed by atoms with Gasteiger partial charge < -0.3 is 14.9 Å². The summed E-state index contributed by atoms with van der Waals surface area (Å²) in [6.45, 7) is 2.45. The number of carbonyl (C=O) groups is 1. The molecule has 0 atom stereocenters. The summed E-state index contributed by atoms with van der Waals surface area (Å²) in [6.07, 6.45) is 0. The van der Waals surface area contributed by atoms with Gasteiger partial charge >= 0.3 is 5.97 Å². The van der Waals surface area contributed by atoms with Gasteiger partial charge in [-0.15, -0.1) is 5.75 Å². The summed E-state index contributed by atoms with van der Waals surface area (Å²) in [5.41, 5.74) is 1.21. The fraction of sp³-hybridized carbons (Fsp3) is 0.133. The summed E-state index contributed by atoms with van der Waals surface area (Å²) in [7, 11) is 0. The third-order valence-electron chi connectivity index (χ3n) is 2.70. The zero-order valence-electron chi connectivity index (χ0n) is 10.4. The Morgan fingerprint density at radius 1 is 1.21 bits per heavy atom. The molecule has 19 heavy (non-hydrogen) atoms. The van der Waals surface area contributed by atoms with Crippen molar-refractivity contribution in [3.63, 3.8) is 0 Å². The van der Waals surface area contributed by atoms with Crippen LogP contribution in [0, 0.1) is 0 Å². The summed E-state index contributed by atoms with van der Waals surface area (Å²) in [6, 6.07) is 10.9. The molecule has 0 aliphatic heterocycles. The van der Waals surface area contributed by atoms with Crippen molar-refractivity contribution in [1.29, 1.82) is 0 Å². The van der Waals surface area contributed by atoms with E-state index in [2.05, 4.69) is 0 Å². The average molecular weight is 257 g/mol. The number of aromatic carboxylic acids is 1. The second-order valence-electron chi connectivity index (χ2n) is 3.97. The largest absolute Gasteiger partial charge is 0.872 e. The molecule has 0 aromatic heterocycles. The predicted molar refractivity (Wildman–Crippen MR) is 69.5 cm³/mol. The molecule has 0 saturated heterocycles. The number of carboxylic acid groups (broad SMARTS) is 1. The SMILES string of the molecule is CCOc1ccc(-c2cc([O-])ccc2C(=O)O)cc1. The molecule has 0 unspecified atom stereocenters. The Morgan fingerprint density at radius 2 is 1.89 bits per heavy atom. The maximum atomic E-state index is 11.4. The van der Waals surface area contributed by atoms with E-state index in [4.69, 9.17) is 9.84 Å². The van der Waals surface area contributed by atoms with Crippen molar-refractivity contribution < 1.29 is 19.7 Å². The Bertz CT molecular complexity index is 588. The highest BCUT2D eigenvalue weighted by molar-refractivity contribution is 5.96. The summed E-state index contributed by atoms with van der Waals surface area (Å²) >= 11 is 0. The average Bonchev–Trinajstić information content (AvgIpc) is 2.39. The Kier molecular flexibility index (Phi) is 3.71. The van der Waals surface area contributed by atoms with Gasteiger partial charge in [0.05, 0.1) is 12.2 Å². The predicted octanol–water partition coefficient (Wildman–Crippen LogP) is 2.52. The first-order chi connectivity index (χ1) is 9.11. The molecule has 98 valence electrons. The fourth-order valence-electron chi connectivity index (χ4n) is 1.85. The lowest BCUT2D eigenvalue weighted by Crippen LogP contribution is -2.01. The Labute approximate surface area is 110 Å². The number of benzene rings is 2. The minimum absolute atomic E-state index is 0.115. The second kappa shape index (κ2) is 5.44. The lowest BCUT2D eigenvalue weighted by atomic mass is 9.99. The molecule has 0 radical (unpaired) electrons. The third kappa shape index (κ3) is 2.85. The first-order valence-electron chi connectivity index (χ1n) is 5.89. The van der Waals surface area contributed by atoms with Crippen LogP contribution in [0.2, 0.25) is 0 Å². The van der Waals surface area contributed by atoms with Crippen LogP contribution in [0.15, 0.2) is 42.5 Å². The molecule has 1 N–H and O–H groups in total. The highest BCUT2D eigenvalue weighted by atomic mass is 16.5. The first-order valence-corrected chi connectivity index (χ1v) is 5.89. The Balaban J connectivity index is 2.45. The van der Waals surface area contributed by atoms with E-state index in [0.29, 0.717) is 23.5 Å². The van der Waals surface area contributed by atoms with Crippen LogP contribution < -0.4 is 9.84 Å². The van der Waals surface area contributed by atoms with Crippen LogP contribution in [0.1, 0.15) is 17.3 Å². The number of rotatable bonds is 4. The van der Waals surface area contributed by atoms with Gasteiger partial charge in [-0.3, -0.25) is 0 Å². The van der Waals surface area contributed by atoms with E-state index in [9.17, 15) is 9.90 Å². The fourth-order valence-corrected chi connectivity index (χ4v) is 1.85. The Morgan fingerprint density at radius 3 is 2.47 bits per heavy atom. The van der Waals surface area contributed by atoms with Gasteiger partial charge in [0.15, 0.2) is 0 Å². The molecule has 4 heteroatoms. The maximum Gasteiger partial charge on any atom is 0.336 e. The normalized spacial score (nSPS) is 10.2. The maximum absolute atomic E-state index is 11.4. The number of hydrogen-bond donors (Lipinski definition) is 1. The molecule has 0 aliphatic rings. The van der Waals surface area contributed by atoms with Gasteiger partial charge in [0.25, 0.3) is 0 Å². The van der Waals surface area contributed by atoms with Crippen molar-refractivity contribution in [1.82, 2.24) is 0 Å². The van der Waals surface area contributed by atoms with Crippen molar-refractivity contribution in [2.24, 2.45) is 0 Å². The molecule has 0 aliphatic carbocycles. The number of carboxylic acids is 1. The van der Waals surface area contributed by atoms with E-state index in [1.54, 1.807) is 24.3 Å². The molecule has 0 heterocycles. The minimum atomic E-state index is -1.05. The molecule has 0 fully saturated rings. The van der Waals surface area contributed by atoms with Crippen molar-refractivity contribution >= 4 is 5.97 Å². The quantitative estimate of drug-likeness (QED) is 0.913. The van der Waals surface area contributed by atoms with Gasteiger partial charge in [-0.1, -0.05) is 24.3 Å². The van der Waals surface area contributed by atoms with Crippen molar-refractivity contribution in [2.45, 2.75) is 6.92 Å². The third-order valence-corrected chi connectivity index (χ3v) is 2.70. The first kappa shape index (κ1) is 13.0. The lowest BCUT2D eigenvalue weighted by molar-refractivity contribution is -0.268. The van der Waals surface area contributed by atoms with Gasteiger partial charge in [-0.2, -0.15) is 0 Å². The van der Waals surface area contributed by atoms with Gasteiger partial charge in [-0.05, 0) is 36.2 Å². The monoisotopic (exact) mass is 257 g/mol. The lowest BCUT2D eigenvalue weighted by Gasteiger charge is -2.12. The standard InChI is InChI=1S/C15H14O4/c1-2-19-12-6-3-10(4-7-12)14-9-11(16)5-8-13(14)15(17)18/h3-9,16H,2H2,1H3,(H,17,18)/p-1. The molecule has 0 bridgehead atoms. The Hall–Kier alpha value is -2.49. The molecule has 2 aromatic rings. The zero-order chi connectivity index (χ0) is 13.8. The molecular weight excluding hydrogens is 244 g/mol. The zero-order valence-corrected chi connectivity index (χ0v) is 10.4. The van der Waals surface area contributed by atoms with Crippen LogP contribution in [0.25, 0.3) is 11.1 Å². The van der Waals surface area contributed by atoms with E-state index in [-0.39, 0.29) is 11.3 Å². The molecule has 2 rings (SSSR count). The topological polar surface area (TPSA) is 69.6 Å². The van der Waals surface area contributed by atoms with Crippen LogP contribution in [-0.2, 0) is 0 Å². The van der Waals surface area contributed by atoms with E-state index in [1.165, 1.54) is 18.2 Å². The van der Waals surface area contributed by atoms with E-state index >= 15 is 0 Å². The highest BCUT2D eigenvalue weighted by Gasteiger charge is 2.10. The van der Waals surface area contributed by atoms with Crippen molar-refractivity contribution in [3.8, 4) is 22.6 Å². The summed E-state index contributed by atoms with van der Waals surface area (Å²) in [4.78, 5) is 11.1. The minimum Gasteiger partial charge on any atom is -0.872 e. The second-order valence-corrected chi connectivity index (χ2v) is 3.97. The van der Waals surface area contributed by atoms with Crippen LogP contribution in [0.5, 0.6) is 11.5 Å². The summed E-state index contributed by atoms with van der Waals surface area (Å²) in [5, 5.41) is 20.5. The van der Waals surface area contributed by atoms with Gasteiger partial charge in [0.1, 0.15) is 5.75 Å². The number of hydrogen-bond acceptors (Lipinski definition) is 3. The van der Waals surface area contributed by atoms with E-state index in [0.717, 1.165) is 0 Å². The van der Waals surface area contributed by atoms with Gasteiger partial charge in [0.2, 0.25) is 0 Å². The van der Waals surface area contributed by atoms with Crippen LogP contribution in [0.3, 0.4) is 0 Å². The summed E-state index contributed by atoms with van der Waals surface area (Å²) < 4.78 is 5.32. The van der Waals surface area contributed by atoms with Gasteiger partial charge in [-0.25, -0.2) is 4.79 Å². The summed E-state index contributed by atoms with van der Waals surface area (Å²) in [5.74, 6) is -0.556. The van der Waals surface area contributed by atoms with E-state index < -0.39 is 5.97 Å². The smallest absolute Gasteiger partial charge is 0.336 e. The van der Waals surface area contributed by atoms with Crippen LogP contribution in [0.4, 0.5) is 0 Å². The molecule has 0 saturated carbocycles. The molecule has 0 amide bonds. The molecule has 0 spiro atoms. The number of ether oxygens (including phenoxy) is 1. The van der Waals surface area contributed by atoms with E-state index in [1.807, 2.05) is 6.92 Å². The van der Waals surface area contributed by atoms with Crippen molar-refractivity contribution in [2.75, 3.05) is 6.61 Å². The molecular formula is C15H13O4-. The van der Waals surface area contributed by atoms with Crippen LogP contribution >= 0.6 is 0 Å². The highest BCUT2D eigenvalue weighted by Crippen LogP contribution is 2.28. The molecule has 4 nitrogen and oxygen atoms in total. The molecule has 2 aromatic carbocycles. The van der Waals surface area contributed by atoms with Crippen molar-refractivity contribution in [3.05, 3.63) is 48.0 Å². The van der Waals surface area contributed by atoms with Gasteiger partial charge in [0, 0.05) is 0 Å². The van der Waals surface area contributed by atoms with Crippen LogP contribution in [-0.4, -0.2) is 17.7 Å².